The second-order valence-electron chi connectivity index (χ2n) is 5.16. The summed E-state index contributed by atoms with van der Waals surface area (Å²) in [4.78, 5) is 15.9. The molecule has 1 saturated heterocycles. The van der Waals surface area contributed by atoms with E-state index in [1.165, 1.54) is 6.07 Å². The molecule has 116 valence electrons. The minimum Gasteiger partial charge on any atom is -0.329 e. The number of piperazine rings is 1. The third-order valence-corrected chi connectivity index (χ3v) is 3.74. The lowest BCUT2D eigenvalue weighted by molar-refractivity contribution is 0.122. The normalized spacial score (nSPS) is 17.6. The van der Waals surface area contributed by atoms with E-state index in [4.69, 9.17) is 5.73 Å². The molecule has 5 nitrogen and oxygen atoms in total. The minimum atomic E-state index is -0.779. The lowest BCUT2D eigenvalue weighted by atomic mass is 10.2. The number of carbonyl (C=O) groups excluding carboxylic acids is 1. The van der Waals surface area contributed by atoms with Crippen molar-refractivity contribution in [3.05, 3.63) is 29.8 Å². The number of amides is 2. The molecule has 1 unspecified atom stereocenters. The zero-order valence-electron chi connectivity index (χ0n) is 12.0. The fraction of sp³-hybridized carbons (Fsp3) is 0.500. The van der Waals surface area contributed by atoms with Crippen molar-refractivity contribution in [3.8, 4) is 0 Å². The number of benzene rings is 1. The Morgan fingerprint density at radius 2 is 2.00 bits per heavy atom. The van der Waals surface area contributed by atoms with Gasteiger partial charge in [-0.15, -0.1) is 0 Å². The molecule has 1 fully saturated rings. The molecule has 1 aliphatic rings. The molecule has 0 bridgehead atoms. The number of urea groups is 1. The Labute approximate surface area is 122 Å². The highest BCUT2D eigenvalue weighted by Gasteiger charge is 2.23. The molecule has 0 aromatic heterocycles. The standard InChI is InChI=1S/C14H20F2N4O/c1-10(9-17)19-4-6-20(7-5-19)14(21)18-13-3-2-11(15)8-12(13)16/h2-3,8,10H,4-7,9,17H2,1H3,(H,18,21). The van der Waals surface area contributed by atoms with Crippen LogP contribution in [0.25, 0.3) is 0 Å². The topological polar surface area (TPSA) is 61.6 Å². The first kappa shape index (κ1) is 15.7. The molecule has 1 atom stereocenters. The van der Waals surface area contributed by atoms with E-state index >= 15 is 0 Å². The quantitative estimate of drug-likeness (QED) is 0.888. The zero-order valence-corrected chi connectivity index (χ0v) is 12.0. The lowest BCUT2D eigenvalue weighted by Gasteiger charge is -2.37. The van der Waals surface area contributed by atoms with Crippen molar-refractivity contribution in [3.63, 3.8) is 0 Å². The van der Waals surface area contributed by atoms with Crippen molar-refractivity contribution in [2.24, 2.45) is 5.73 Å². The second kappa shape index (κ2) is 6.82. The first-order valence-electron chi connectivity index (χ1n) is 6.96. The van der Waals surface area contributed by atoms with Crippen LogP contribution in [0.2, 0.25) is 0 Å². The Morgan fingerprint density at radius 3 is 2.57 bits per heavy atom. The van der Waals surface area contributed by atoms with Crippen LogP contribution in [0.3, 0.4) is 0 Å². The van der Waals surface area contributed by atoms with Crippen molar-refractivity contribution in [2.45, 2.75) is 13.0 Å². The summed E-state index contributed by atoms with van der Waals surface area (Å²) in [6.45, 7) is 5.20. The first-order valence-corrected chi connectivity index (χ1v) is 6.96. The molecular formula is C14H20F2N4O. The maximum Gasteiger partial charge on any atom is 0.322 e. The Kier molecular flexibility index (Phi) is 5.08. The number of nitrogens with zero attached hydrogens (tertiary/aromatic N) is 2. The van der Waals surface area contributed by atoms with Crippen LogP contribution >= 0.6 is 0 Å². The highest BCUT2D eigenvalue weighted by Crippen LogP contribution is 2.16. The van der Waals surface area contributed by atoms with E-state index < -0.39 is 11.6 Å². The number of rotatable bonds is 3. The van der Waals surface area contributed by atoms with Gasteiger partial charge in [0, 0.05) is 44.8 Å². The summed E-state index contributed by atoms with van der Waals surface area (Å²) in [6.07, 6.45) is 0. The summed E-state index contributed by atoms with van der Waals surface area (Å²) in [5, 5.41) is 2.47. The van der Waals surface area contributed by atoms with Gasteiger partial charge in [-0.1, -0.05) is 0 Å². The van der Waals surface area contributed by atoms with Gasteiger partial charge < -0.3 is 16.0 Å². The van der Waals surface area contributed by atoms with Crippen molar-refractivity contribution in [2.75, 3.05) is 38.0 Å². The summed E-state index contributed by atoms with van der Waals surface area (Å²) >= 11 is 0. The number of anilines is 1. The second-order valence-corrected chi connectivity index (χ2v) is 5.16. The van der Waals surface area contributed by atoms with E-state index in [0.29, 0.717) is 19.6 Å². The van der Waals surface area contributed by atoms with Gasteiger partial charge in [0.25, 0.3) is 0 Å². The van der Waals surface area contributed by atoms with Gasteiger partial charge in [0.1, 0.15) is 11.6 Å². The van der Waals surface area contributed by atoms with Crippen LogP contribution in [-0.2, 0) is 0 Å². The van der Waals surface area contributed by atoms with Crippen LogP contribution in [0, 0.1) is 11.6 Å². The van der Waals surface area contributed by atoms with E-state index in [2.05, 4.69) is 10.2 Å². The van der Waals surface area contributed by atoms with Crippen LogP contribution in [0.15, 0.2) is 18.2 Å². The van der Waals surface area contributed by atoms with E-state index in [0.717, 1.165) is 25.2 Å². The average molecular weight is 298 g/mol. The third-order valence-electron chi connectivity index (χ3n) is 3.74. The van der Waals surface area contributed by atoms with E-state index in [9.17, 15) is 13.6 Å². The predicted octanol–water partition coefficient (Wildman–Crippen LogP) is 1.46. The highest BCUT2D eigenvalue weighted by atomic mass is 19.1. The van der Waals surface area contributed by atoms with Crippen LogP contribution in [0.1, 0.15) is 6.92 Å². The van der Waals surface area contributed by atoms with E-state index in [-0.39, 0.29) is 17.8 Å². The summed E-state index contributed by atoms with van der Waals surface area (Å²) < 4.78 is 26.3. The molecule has 0 spiro atoms. The molecule has 0 saturated carbocycles. The molecule has 1 heterocycles. The molecular weight excluding hydrogens is 278 g/mol. The van der Waals surface area contributed by atoms with Gasteiger partial charge in [0.2, 0.25) is 0 Å². The maximum absolute atomic E-state index is 13.5. The number of halogens is 2. The summed E-state index contributed by atoms with van der Waals surface area (Å²) in [5.74, 6) is -1.45. The lowest BCUT2D eigenvalue weighted by Crippen LogP contribution is -2.53. The predicted molar refractivity (Wildman–Crippen MR) is 77.0 cm³/mol. The van der Waals surface area contributed by atoms with Gasteiger partial charge in [0.15, 0.2) is 0 Å². The molecule has 3 N–H and O–H groups in total. The van der Waals surface area contributed by atoms with E-state index in [1.807, 2.05) is 6.92 Å². The molecule has 7 heteroatoms. The Hall–Kier alpha value is -1.73. The number of carbonyl (C=O) groups is 1. The first-order chi connectivity index (χ1) is 10.0. The summed E-state index contributed by atoms with van der Waals surface area (Å²) in [7, 11) is 0. The van der Waals surface area contributed by atoms with Gasteiger partial charge in [-0.3, -0.25) is 4.90 Å². The van der Waals surface area contributed by atoms with E-state index in [1.54, 1.807) is 4.90 Å². The van der Waals surface area contributed by atoms with Gasteiger partial charge >= 0.3 is 6.03 Å². The summed E-state index contributed by atoms with van der Waals surface area (Å²) in [5.41, 5.74) is 5.61. The molecule has 1 aliphatic heterocycles. The average Bonchev–Trinajstić information content (AvgIpc) is 2.49. The van der Waals surface area contributed by atoms with Crippen molar-refractivity contribution in [1.29, 1.82) is 0 Å². The monoisotopic (exact) mass is 298 g/mol. The molecule has 2 rings (SSSR count). The fourth-order valence-corrected chi connectivity index (χ4v) is 2.30. The number of hydrogen-bond donors (Lipinski definition) is 2. The molecule has 0 aliphatic carbocycles. The van der Waals surface area contributed by atoms with Gasteiger partial charge in [-0.2, -0.15) is 0 Å². The van der Waals surface area contributed by atoms with Crippen molar-refractivity contribution < 1.29 is 13.6 Å². The van der Waals surface area contributed by atoms with Crippen LogP contribution in [0.4, 0.5) is 19.3 Å². The van der Waals surface area contributed by atoms with Gasteiger partial charge in [-0.05, 0) is 19.1 Å². The number of nitrogens with two attached hydrogens (primary N) is 1. The molecule has 2 amide bonds. The van der Waals surface area contributed by atoms with Crippen molar-refractivity contribution in [1.82, 2.24) is 9.80 Å². The summed E-state index contributed by atoms with van der Waals surface area (Å²) in [6, 6.07) is 2.98. The number of hydrogen-bond acceptors (Lipinski definition) is 3. The van der Waals surface area contributed by atoms with Crippen molar-refractivity contribution >= 4 is 11.7 Å². The van der Waals surface area contributed by atoms with Crippen LogP contribution < -0.4 is 11.1 Å². The number of nitrogens with one attached hydrogen (secondary N) is 1. The maximum atomic E-state index is 13.5. The smallest absolute Gasteiger partial charge is 0.322 e. The SMILES string of the molecule is CC(CN)N1CCN(C(=O)Nc2ccc(F)cc2F)CC1. The Bertz CT molecular complexity index is 504. The van der Waals surface area contributed by atoms with Gasteiger partial charge in [-0.25, -0.2) is 13.6 Å². The zero-order chi connectivity index (χ0) is 15.4. The highest BCUT2D eigenvalue weighted by molar-refractivity contribution is 5.89. The molecule has 0 radical (unpaired) electrons. The van der Waals surface area contributed by atoms with Crippen LogP contribution in [0.5, 0.6) is 0 Å². The Morgan fingerprint density at radius 1 is 1.33 bits per heavy atom. The third kappa shape index (κ3) is 3.89. The fourth-order valence-electron chi connectivity index (χ4n) is 2.30. The molecule has 1 aromatic carbocycles. The largest absolute Gasteiger partial charge is 0.329 e. The van der Waals surface area contributed by atoms with Gasteiger partial charge in [0.05, 0.1) is 5.69 Å². The Balaban J connectivity index is 1.90. The molecule has 1 aromatic rings. The minimum absolute atomic E-state index is 0.0147. The van der Waals surface area contributed by atoms with Crippen LogP contribution in [-0.4, -0.2) is 54.6 Å². The molecule has 21 heavy (non-hydrogen) atoms.